The first-order chi connectivity index (χ1) is 13.7. The Balaban J connectivity index is 0.00000300. The largest absolute Gasteiger partial charge is 0.484 e. The molecule has 2 aliphatic carbocycles. The molecule has 0 aliphatic heterocycles. The predicted molar refractivity (Wildman–Crippen MR) is 131 cm³/mol. The Bertz CT molecular complexity index is 684. The van der Waals surface area contributed by atoms with E-state index in [1.807, 2.05) is 36.0 Å². The fourth-order valence-corrected chi connectivity index (χ4v) is 4.15. The van der Waals surface area contributed by atoms with Crippen LogP contribution in [0.1, 0.15) is 44.6 Å². The SMILES string of the molecule is CCNC(=NCc1cccc(OCC(=O)NC2CC2)c1)NC1CCC(SC)C1.I. The fourth-order valence-electron chi connectivity index (χ4n) is 3.35. The van der Waals surface area contributed by atoms with Gasteiger partial charge in [-0.25, -0.2) is 4.99 Å². The van der Waals surface area contributed by atoms with Gasteiger partial charge in [-0.2, -0.15) is 11.8 Å². The fraction of sp³-hybridized carbons (Fsp3) is 0.619. The molecule has 2 unspecified atom stereocenters. The van der Waals surface area contributed by atoms with E-state index < -0.39 is 0 Å². The second kappa shape index (κ2) is 12.5. The molecule has 1 aromatic carbocycles. The van der Waals surface area contributed by atoms with Crippen molar-refractivity contribution >= 4 is 47.6 Å². The third-order valence-corrected chi connectivity index (χ3v) is 6.13. The molecule has 0 bridgehead atoms. The number of benzene rings is 1. The lowest BCUT2D eigenvalue weighted by molar-refractivity contribution is -0.123. The summed E-state index contributed by atoms with van der Waals surface area (Å²) in [4.78, 5) is 16.5. The van der Waals surface area contributed by atoms with Gasteiger partial charge in [-0.1, -0.05) is 12.1 Å². The molecule has 29 heavy (non-hydrogen) atoms. The highest BCUT2D eigenvalue weighted by molar-refractivity contribution is 14.0. The van der Waals surface area contributed by atoms with Gasteiger partial charge in [-0.15, -0.1) is 24.0 Å². The second-order valence-corrected chi connectivity index (χ2v) is 8.62. The third-order valence-electron chi connectivity index (χ3n) is 5.03. The van der Waals surface area contributed by atoms with Crippen LogP contribution in [0.3, 0.4) is 0 Å². The van der Waals surface area contributed by atoms with Gasteiger partial charge >= 0.3 is 0 Å². The van der Waals surface area contributed by atoms with Crippen LogP contribution in [-0.2, 0) is 11.3 Å². The lowest BCUT2D eigenvalue weighted by atomic mass is 10.2. The first-order valence-corrected chi connectivity index (χ1v) is 11.5. The third kappa shape index (κ3) is 8.62. The molecule has 0 spiro atoms. The van der Waals surface area contributed by atoms with Gasteiger partial charge in [0.15, 0.2) is 12.6 Å². The van der Waals surface area contributed by atoms with Crippen LogP contribution in [-0.4, -0.2) is 48.6 Å². The van der Waals surface area contributed by atoms with Crippen molar-refractivity contribution in [3.05, 3.63) is 29.8 Å². The van der Waals surface area contributed by atoms with E-state index in [0.29, 0.717) is 24.4 Å². The molecular formula is C21H33IN4O2S. The molecule has 8 heteroatoms. The Labute approximate surface area is 195 Å². The van der Waals surface area contributed by atoms with Gasteiger partial charge in [-0.3, -0.25) is 4.79 Å². The number of halogens is 1. The number of hydrogen-bond acceptors (Lipinski definition) is 4. The normalized spacial score (nSPS) is 21.2. The van der Waals surface area contributed by atoms with Crippen LogP contribution in [0.2, 0.25) is 0 Å². The molecule has 0 heterocycles. The van der Waals surface area contributed by atoms with E-state index in [9.17, 15) is 4.79 Å². The first kappa shape index (κ1) is 24.1. The molecule has 3 N–H and O–H groups in total. The molecule has 2 saturated carbocycles. The Kier molecular flexibility index (Phi) is 10.4. The number of nitrogens with zero attached hydrogens (tertiary/aromatic N) is 1. The maximum Gasteiger partial charge on any atom is 0.258 e. The molecule has 2 fully saturated rings. The summed E-state index contributed by atoms with van der Waals surface area (Å²) in [6.45, 7) is 3.55. The lowest BCUT2D eigenvalue weighted by Crippen LogP contribution is -2.42. The van der Waals surface area contributed by atoms with Gasteiger partial charge < -0.3 is 20.7 Å². The number of carbonyl (C=O) groups is 1. The van der Waals surface area contributed by atoms with Crippen molar-refractivity contribution in [2.24, 2.45) is 4.99 Å². The highest BCUT2D eigenvalue weighted by atomic mass is 127. The maximum absolute atomic E-state index is 11.8. The number of guanidine groups is 1. The number of rotatable bonds is 9. The first-order valence-electron chi connectivity index (χ1n) is 10.2. The molecule has 3 rings (SSSR count). The van der Waals surface area contributed by atoms with Crippen LogP contribution in [0.4, 0.5) is 0 Å². The van der Waals surface area contributed by atoms with Crippen LogP contribution in [0, 0.1) is 0 Å². The minimum absolute atomic E-state index is 0. The van der Waals surface area contributed by atoms with Gasteiger partial charge in [0.25, 0.3) is 5.91 Å². The smallest absolute Gasteiger partial charge is 0.258 e. The van der Waals surface area contributed by atoms with Gasteiger partial charge in [0.2, 0.25) is 0 Å². The molecule has 2 aliphatic rings. The Morgan fingerprint density at radius 1 is 1.21 bits per heavy atom. The van der Waals surface area contributed by atoms with Crippen LogP contribution >= 0.6 is 35.7 Å². The Hall–Kier alpha value is -1.16. The molecule has 6 nitrogen and oxygen atoms in total. The van der Waals surface area contributed by atoms with E-state index in [1.54, 1.807) is 0 Å². The second-order valence-electron chi connectivity index (χ2n) is 7.49. The van der Waals surface area contributed by atoms with Crippen LogP contribution in [0.5, 0.6) is 5.75 Å². The van der Waals surface area contributed by atoms with Crippen molar-refractivity contribution < 1.29 is 9.53 Å². The average Bonchev–Trinajstić information content (AvgIpc) is 3.40. The summed E-state index contributed by atoms with van der Waals surface area (Å²) >= 11 is 1.96. The standard InChI is InChI=1S/C21H32N4O2S.HI/c1-3-22-21(25-17-9-10-19(12-17)28-2)23-13-15-5-4-6-18(11-15)27-14-20(26)24-16-7-8-16;/h4-6,11,16-17,19H,3,7-10,12-14H2,1-2H3,(H,24,26)(H2,22,23,25);1H. The quantitative estimate of drug-likeness (QED) is 0.259. The molecule has 1 amide bonds. The summed E-state index contributed by atoms with van der Waals surface area (Å²) in [5, 5.41) is 10.6. The minimum atomic E-state index is -0.0512. The molecule has 0 radical (unpaired) electrons. The average molecular weight is 532 g/mol. The monoisotopic (exact) mass is 532 g/mol. The molecule has 0 saturated heterocycles. The Morgan fingerprint density at radius 2 is 2.00 bits per heavy atom. The van der Waals surface area contributed by atoms with Gasteiger partial charge in [0.1, 0.15) is 5.75 Å². The zero-order chi connectivity index (χ0) is 19.8. The van der Waals surface area contributed by atoms with Crippen LogP contribution < -0.4 is 20.7 Å². The highest BCUT2D eigenvalue weighted by Crippen LogP contribution is 2.28. The summed E-state index contributed by atoms with van der Waals surface area (Å²) < 4.78 is 5.63. The van der Waals surface area contributed by atoms with Crippen molar-refractivity contribution in [2.75, 3.05) is 19.4 Å². The number of nitrogens with one attached hydrogen (secondary N) is 3. The summed E-state index contributed by atoms with van der Waals surface area (Å²) in [5.41, 5.74) is 1.06. The van der Waals surface area contributed by atoms with E-state index >= 15 is 0 Å². The molecular weight excluding hydrogens is 499 g/mol. The van der Waals surface area contributed by atoms with Gasteiger partial charge in [-0.05, 0) is 63.0 Å². The number of hydrogen-bond donors (Lipinski definition) is 3. The van der Waals surface area contributed by atoms with Crippen molar-refractivity contribution in [2.45, 2.75) is 62.9 Å². The number of ether oxygens (including phenoxy) is 1. The number of amides is 1. The van der Waals surface area contributed by atoms with E-state index in [2.05, 4.69) is 29.1 Å². The summed E-state index contributed by atoms with van der Waals surface area (Å²) in [6, 6.07) is 8.66. The summed E-state index contributed by atoms with van der Waals surface area (Å²) in [7, 11) is 0. The number of aliphatic imine (C=N–C) groups is 1. The van der Waals surface area contributed by atoms with Crippen molar-refractivity contribution in [3.63, 3.8) is 0 Å². The van der Waals surface area contributed by atoms with Crippen LogP contribution in [0.15, 0.2) is 29.3 Å². The molecule has 162 valence electrons. The van der Waals surface area contributed by atoms with Gasteiger partial charge in [0.05, 0.1) is 6.54 Å². The van der Waals surface area contributed by atoms with E-state index in [1.165, 1.54) is 19.3 Å². The minimum Gasteiger partial charge on any atom is -0.484 e. The summed E-state index contributed by atoms with van der Waals surface area (Å²) in [6.07, 6.45) is 8.02. The molecule has 0 aromatic heterocycles. The summed E-state index contributed by atoms with van der Waals surface area (Å²) in [5.74, 6) is 1.52. The zero-order valence-electron chi connectivity index (χ0n) is 17.3. The van der Waals surface area contributed by atoms with Crippen LogP contribution in [0.25, 0.3) is 0 Å². The van der Waals surface area contributed by atoms with E-state index in [0.717, 1.165) is 36.2 Å². The number of carbonyl (C=O) groups excluding carboxylic acids is 1. The number of thioether (sulfide) groups is 1. The lowest BCUT2D eigenvalue weighted by Gasteiger charge is -2.17. The van der Waals surface area contributed by atoms with Crippen molar-refractivity contribution in [1.82, 2.24) is 16.0 Å². The molecule has 1 aromatic rings. The van der Waals surface area contributed by atoms with Crippen molar-refractivity contribution in [3.8, 4) is 5.75 Å². The zero-order valence-corrected chi connectivity index (χ0v) is 20.4. The Morgan fingerprint density at radius 3 is 2.69 bits per heavy atom. The predicted octanol–water partition coefficient (Wildman–Crippen LogP) is 3.30. The van der Waals surface area contributed by atoms with Gasteiger partial charge in [0, 0.05) is 23.9 Å². The maximum atomic E-state index is 11.8. The topological polar surface area (TPSA) is 74.8 Å². The van der Waals surface area contributed by atoms with E-state index in [-0.39, 0.29) is 36.5 Å². The highest BCUT2D eigenvalue weighted by Gasteiger charge is 2.24. The molecule has 2 atom stereocenters. The van der Waals surface area contributed by atoms with E-state index in [4.69, 9.17) is 9.73 Å². The van der Waals surface area contributed by atoms with Crippen molar-refractivity contribution in [1.29, 1.82) is 0 Å².